The summed E-state index contributed by atoms with van der Waals surface area (Å²) in [6, 6.07) is 14.0. The summed E-state index contributed by atoms with van der Waals surface area (Å²) in [5.41, 5.74) is 1.65. The molecule has 2 aromatic rings. The number of halogens is 1. The third kappa shape index (κ3) is 4.00. The summed E-state index contributed by atoms with van der Waals surface area (Å²) in [6.07, 6.45) is 1.68. The molecule has 1 amide bonds. The van der Waals surface area contributed by atoms with Crippen LogP contribution in [0.25, 0.3) is 6.08 Å². The summed E-state index contributed by atoms with van der Waals surface area (Å²) in [5, 5.41) is 0.925. The summed E-state index contributed by atoms with van der Waals surface area (Å²) >= 11 is 11.4. The van der Waals surface area contributed by atoms with Crippen LogP contribution >= 0.6 is 23.8 Å². The van der Waals surface area contributed by atoms with Crippen molar-refractivity contribution >= 4 is 52.6 Å². The van der Waals surface area contributed by atoms with Gasteiger partial charge in [-0.1, -0.05) is 29.8 Å². The fourth-order valence-corrected chi connectivity index (χ4v) is 3.06. The van der Waals surface area contributed by atoms with E-state index in [1.165, 1.54) is 12.0 Å². The normalized spacial score (nSPS) is 15.3. The predicted molar refractivity (Wildman–Crippen MR) is 111 cm³/mol. The van der Waals surface area contributed by atoms with Crippen molar-refractivity contribution in [2.45, 2.75) is 0 Å². The number of rotatable bonds is 5. The van der Waals surface area contributed by atoms with Crippen molar-refractivity contribution in [1.29, 1.82) is 0 Å². The van der Waals surface area contributed by atoms with E-state index in [1.54, 1.807) is 60.5 Å². The molecular weight excluding hydrogens is 400 g/mol. The molecule has 1 aliphatic heterocycles. The minimum Gasteiger partial charge on any atom is -0.481 e. The van der Waals surface area contributed by atoms with E-state index in [1.807, 2.05) is 6.07 Å². The Balaban J connectivity index is 1.92. The lowest BCUT2D eigenvalue weighted by Gasteiger charge is -2.16. The zero-order chi connectivity index (χ0) is 20.3. The van der Waals surface area contributed by atoms with Gasteiger partial charge in [-0.3, -0.25) is 9.69 Å². The molecule has 0 radical (unpaired) electrons. The van der Waals surface area contributed by atoms with Crippen LogP contribution in [0.15, 0.2) is 54.2 Å². The molecule has 1 fully saturated rings. The molecular formula is C20H17ClN2O4S. The Morgan fingerprint density at radius 2 is 1.86 bits per heavy atom. The van der Waals surface area contributed by atoms with E-state index < -0.39 is 5.97 Å². The summed E-state index contributed by atoms with van der Waals surface area (Å²) in [5.74, 6) is -0.304. The first-order valence-corrected chi connectivity index (χ1v) is 9.09. The topological polar surface area (TPSA) is 59.1 Å². The second-order valence-corrected chi connectivity index (χ2v) is 6.69. The number of methoxy groups -OCH3 is 1. The lowest BCUT2D eigenvalue weighted by Crippen LogP contribution is -2.31. The van der Waals surface area contributed by atoms with Gasteiger partial charge in [-0.2, -0.15) is 0 Å². The molecule has 0 spiro atoms. The smallest absolute Gasteiger partial charge is 0.343 e. The number of ether oxygens (including phenoxy) is 2. The number of amides is 1. The molecule has 0 aliphatic carbocycles. The molecule has 0 bridgehead atoms. The highest BCUT2D eigenvalue weighted by Crippen LogP contribution is 2.30. The number of anilines is 1. The summed E-state index contributed by atoms with van der Waals surface area (Å²) in [6.45, 7) is -0.226. The van der Waals surface area contributed by atoms with Gasteiger partial charge in [-0.25, -0.2) is 4.79 Å². The quantitative estimate of drug-likeness (QED) is 0.422. The van der Waals surface area contributed by atoms with Crippen molar-refractivity contribution < 1.29 is 19.1 Å². The van der Waals surface area contributed by atoms with Gasteiger partial charge < -0.3 is 14.4 Å². The van der Waals surface area contributed by atoms with Crippen LogP contribution in [0.4, 0.5) is 5.69 Å². The fourth-order valence-electron chi connectivity index (χ4n) is 2.65. The Hall–Kier alpha value is -2.90. The Kier molecular flexibility index (Phi) is 5.96. The first kappa shape index (κ1) is 19.9. The van der Waals surface area contributed by atoms with E-state index in [4.69, 9.17) is 28.6 Å². The standard InChI is InChI=1S/C20H17ClN2O4S/c1-22-16(11-13-5-3-4-6-17(13)27-12-18(24)26-2)19(25)23(20(22)28)15-9-7-14(21)8-10-15/h3-11H,12H2,1-2H3/b16-11-. The zero-order valence-electron chi connectivity index (χ0n) is 15.2. The van der Waals surface area contributed by atoms with E-state index in [0.29, 0.717) is 32.8 Å². The molecule has 2 aromatic carbocycles. The van der Waals surface area contributed by atoms with Gasteiger partial charge in [0.25, 0.3) is 5.91 Å². The van der Waals surface area contributed by atoms with Crippen LogP contribution < -0.4 is 9.64 Å². The number of thiocarbonyl (C=S) groups is 1. The minimum absolute atomic E-state index is 0.226. The highest BCUT2D eigenvalue weighted by Gasteiger charge is 2.36. The monoisotopic (exact) mass is 416 g/mol. The van der Waals surface area contributed by atoms with Gasteiger partial charge in [-0.05, 0) is 48.6 Å². The Labute approximate surface area is 172 Å². The first-order chi connectivity index (χ1) is 13.4. The van der Waals surface area contributed by atoms with Crippen molar-refractivity contribution in [3.05, 3.63) is 64.8 Å². The van der Waals surface area contributed by atoms with Gasteiger partial charge in [-0.15, -0.1) is 0 Å². The predicted octanol–water partition coefficient (Wildman–Crippen LogP) is 3.50. The number of hydrogen-bond acceptors (Lipinski definition) is 5. The number of carbonyl (C=O) groups excluding carboxylic acids is 2. The van der Waals surface area contributed by atoms with E-state index >= 15 is 0 Å². The number of carbonyl (C=O) groups is 2. The number of esters is 1. The lowest BCUT2D eigenvalue weighted by molar-refractivity contribution is -0.142. The van der Waals surface area contributed by atoms with Crippen LogP contribution in [0.2, 0.25) is 5.02 Å². The highest BCUT2D eigenvalue weighted by molar-refractivity contribution is 7.80. The second kappa shape index (κ2) is 8.41. The molecule has 1 heterocycles. The summed E-state index contributed by atoms with van der Waals surface area (Å²) in [4.78, 5) is 27.4. The van der Waals surface area contributed by atoms with Crippen LogP contribution in [0.3, 0.4) is 0 Å². The minimum atomic E-state index is -0.494. The third-order valence-corrected chi connectivity index (χ3v) is 4.84. The largest absolute Gasteiger partial charge is 0.481 e. The number of para-hydroxylation sites is 1. The first-order valence-electron chi connectivity index (χ1n) is 8.30. The Bertz CT molecular complexity index is 959. The van der Waals surface area contributed by atoms with Crippen molar-refractivity contribution in [3.63, 3.8) is 0 Å². The van der Waals surface area contributed by atoms with Crippen LogP contribution in [0, 0.1) is 0 Å². The summed E-state index contributed by atoms with van der Waals surface area (Å²) < 4.78 is 10.1. The van der Waals surface area contributed by atoms with E-state index in [9.17, 15) is 9.59 Å². The second-order valence-electron chi connectivity index (χ2n) is 5.89. The third-order valence-electron chi connectivity index (χ3n) is 4.13. The molecule has 0 N–H and O–H groups in total. The molecule has 144 valence electrons. The molecule has 0 atom stereocenters. The fraction of sp³-hybridized carbons (Fsp3) is 0.150. The van der Waals surface area contributed by atoms with Crippen molar-refractivity contribution in [2.75, 3.05) is 25.7 Å². The van der Waals surface area contributed by atoms with Crippen molar-refractivity contribution in [1.82, 2.24) is 4.90 Å². The van der Waals surface area contributed by atoms with Gasteiger partial charge in [0, 0.05) is 17.6 Å². The molecule has 1 saturated heterocycles. The van der Waals surface area contributed by atoms with Crippen molar-refractivity contribution in [3.8, 4) is 5.75 Å². The molecule has 3 rings (SSSR count). The lowest BCUT2D eigenvalue weighted by atomic mass is 10.1. The molecule has 28 heavy (non-hydrogen) atoms. The summed E-state index contributed by atoms with van der Waals surface area (Å²) in [7, 11) is 3.01. The maximum Gasteiger partial charge on any atom is 0.343 e. The van der Waals surface area contributed by atoms with Gasteiger partial charge >= 0.3 is 5.97 Å². The van der Waals surface area contributed by atoms with Crippen LogP contribution in [-0.2, 0) is 14.3 Å². The average Bonchev–Trinajstić information content (AvgIpc) is 2.91. The number of nitrogens with zero attached hydrogens (tertiary/aromatic N) is 2. The maximum absolute atomic E-state index is 13.0. The molecule has 1 aliphatic rings. The SMILES string of the molecule is COC(=O)COc1ccccc1/C=C1/C(=O)N(c2ccc(Cl)cc2)C(=S)N1C. The van der Waals surface area contributed by atoms with Gasteiger partial charge in [0.2, 0.25) is 0 Å². The average molecular weight is 417 g/mol. The van der Waals surface area contributed by atoms with E-state index in [-0.39, 0.29) is 12.5 Å². The number of benzene rings is 2. The van der Waals surface area contributed by atoms with E-state index in [2.05, 4.69) is 4.74 Å². The number of hydrogen-bond donors (Lipinski definition) is 0. The van der Waals surface area contributed by atoms with Crippen LogP contribution in [-0.4, -0.2) is 42.7 Å². The van der Waals surface area contributed by atoms with Gasteiger partial charge in [0.1, 0.15) is 11.4 Å². The van der Waals surface area contributed by atoms with Crippen LogP contribution in [0.1, 0.15) is 5.56 Å². The van der Waals surface area contributed by atoms with Gasteiger partial charge in [0.05, 0.1) is 12.8 Å². The number of likely N-dealkylation sites (N-methyl/N-ethyl adjacent to an activating group) is 1. The Morgan fingerprint density at radius 3 is 2.54 bits per heavy atom. The van der Waals surface area contributed by atoms with Gasteiger partial charge in [0.15, 0.2) is 11.7 Å². The molecule has 0 aromatic heterocycles. The maximum atomic E-state index is 13.0. The highest BCUT2D eigenvalue weighted by atomic mass is 35.5. The van der Waals surface area contributed by atoms with E-state index in [0.717, 1.165) is 0 Å². The molecule has 8 heteroatoms. The van der Waals surface area contributed by atoms with Crippen LogP contribution in [0.5, 0.6) is 5.75 Å². The molecule has 6 nitrogen and oxygen atoms in total. The van der Waals surface area contributed by atoms with Crippen molar-refractivity contribution in [2.24, 2.45) is 0 Å². The molecule has 0 saturated carbocycles. The molecule has 0 unspecified atom stereocenters. The Morgan fingerprint density at radius 1 is 1.18 bits per heavy atom. The zero-order valence-corrected chi connectivity index (χ0v) is 16.8.